The predicted molar refractivity (Wildman–Crippen MR) is 109 cm³/mol. The van der Waals surface area contributed by atoms with E-state index in [-0.39, 0.29) is 18.0 Å². The normalized spacial score (nSPS) is 22.8. The number of piperidine rings is 1. The zero-order valence-electron chi connectivity index (χ0n) is 17.8. The van der Waals surface area contributed by atoms with Crippen LogP contribution in [0.25, 0.3) is 0 Å². The van der Waals surface area contributed by atoms with E-state index in [0.29, 0.717) is 38.9 Å². The molecule has 0 spiro atoms. The second-order valence-corrected chi connectivity index (χ2v) is 8.37. The maximum atomic E-state index is 13.0. The molecule has 1 amide bonds. The molecule has 1 N–H and O–H groups in total. The van der Waals surface area contributed by atoms with Crippen molar-refractivity contribution in [2.24, 2.45) is 0 Å². The summed E-state index contributed by atoms with van der Waals surface area (Å²) in [5.74, 6) is 0.00794. The second kappa shape index (κ2) is 10.1. The summed E-state index contributed by atoms with van der Waals surface area (Å²) in [6.45, 7) is 8.01. The summed E-state index contributed by atoms with van der Waals surface area (Å²) in [6.07, 6.45) is -1.38. The van der Waals surface area contributed by atoms with Gasteiger partial charge in [-0.3, -0.25) is 14.6 Å². The minimum absolute atomic E-state index is 0.00794. The molecule has 1 aromatic carbocycles. The molecule has 2 aliphatic heterocycles. The number of carbonyl (C=O) groups excluding carboxylic acids is 1. The lowest BCUT2D eigenvalue weighted by atomic mass is 9.99. The fraction of sp³-hybridized carbons (Fsp3) is 0.682. The number of ether oxygens (including phenoxy) is 1. The van der Waals surface area contributed by atoms with Crippen molar-refractivity contribution in [2.45, 2.75) is 57.4 Å². The smallest absolute Gasteiger partial charge is 0.379 e. The maximum Gasteiger partial charge on any atom is 0.416 e. The molecule has 2 unspecified atom stereocenters. The number of rotatable bonds is 6. The Morgan fingerprint density at radius 1 is 1.13 bits per heavy atom. The van der Waals surface area contributed by atoms with Crippen molar-refractivity contribution in [2.75, 3.05) is 39.4 Å². The Balaban J connectivity index is 1.72. The van der Waals surface area contributed by atoms with Gasteiger partial charge in [-0.15, -0.1) is 0 Å². The average molecular weight is 428 g/mol. The summed E-state index contributed by atoms with van der Waals surface area (Å²) in [5, 5.41) is 3.09. The molecule has 2 saturated heterocycles. The Morgan fingerprint density at radius 2 is 1.80 bits per heavy atom. The van der Waals surface area contributed by atoms with E-state index < -0.39 is 11.7 Å². The van der Waals surface area contributed by atoms with Gasteiger partial charge in [-0.1, -0.05) is 18.6 Å². The number of likely N-dealkylation sites (tertiary alicyclic amines) is 1. The number of hydrogen-bond donors (Lipinski definition) is 1. The number of benzene rings is 1. The Morgan fingerprint density at radius 3 is 2.40 bits per heavy atom. The third-order valence-corrected chi connectivity index (χ3v) is 6.09. The van der Waals surface area contributed by atoms with Gasteiger partial charge in [0, 0.05) is 25.7 Å². The molecule has 1 aromatic rings. The first-order valence-corrected chi connectivity index (χ1v) is 10.8. The van der Waals surface area contributed by atoms with Gasteiger partial charge in [-0.25, -0.2) is 0 Å². The molecular weight excluding hydrogens is 395 g/mol. The van der Waals surface area contributed by atoms with Crippen molar-refractivity contribution in [1.29, 1.82) is 0 Å². The van der Waals surface area contributed by atoms with Crippen LogP contribution in [0.2, 0.25) is 0 Å². The monoisotopic (exact) mass is 427 g/mol. The summed E-state index contributed by atoms with van der Waals surface area (Å²) in [4.78, 5) is 17.4. The molecule has 2 aliphatic rings. The van der Waals surface area contributed by atoms with Crippen LogP contribution in [0.3, 0.4) is 0 Å². The number of halogens is 3. The third-order valence-electron chi connectivity index (χ3n) is 6.09. The van der Waals surface area contributed by atoms with Gasteiger partial charge in [0.2, 0.25) is 5.91 Å². The number of hydrogen-bond acceptors (Lipinski definition) is 4. The first-order chi connectivity index (χ1) is 14.3. The summed E-state index contributed by atoms with van der Waals surface area (Å²) in [6, 6.07) is 5.25. The lowest BCUT2D eigenvalue weighted by Gasteiger charge is -2.39. The van der Waals surface area contributed by atoms with Gasteiger partial charge in [0.25, 0.3) is 0 Å². The lowest BCUT2D eigenvalue weighted by Crippen LogP contribution is -2.53. The fourth-order valence-corrected chi connectivity index (χ4v) is 4.41. The standard InChI is InChI=1S/C22H32F3N3O2/c1-16(2)28-10-4-3-5-19(28)21(29)26-15-20(27-11-13-30-14-12-27)17-6-8-18(9-7-17)22(23,24)25/h6-9,16,19-20H,3-5,10-15H2,1-2H3,(H,26,29). The van der Waals surface area contributed by atoms with E-state index >= 15 is 0 Å². The van der Waals surface area contributed by atoms with Crippen LogP contribution in [0.1, 0.15) is 50.3 Å². The molecule has 0 bridgehead atoms. The Labute approximate surface area is 176 Å². The van der Waals surface area contributed by atoms with Crippen molar-refractivity contribution in [3.63, 3.8) is 0 Å². The van der Waals surface area contributed by atoms with E-state index in [2.05, 4.69) is 29.0 Å². The van der Waals surface area contributed by atoms with Crippen LogP contribution in [0.5, 0.6) is 0 Å². The first-order valence-electron chi connectivity index (χ1n) is 10.8. The van der Waals surface area contributed by atoms with Gasteiger partial charge in [0.15, 0.2) is 0 Å². The highest BCUT2D eigenvalue weighted by Crippen LogP contribution is 2.31. The largest absolute Gasteiger partial charge is 0.416 e. The van der Waals surface area contributed by atoms with Crippen LogP contribution < -0.4 is 5.32 Å². The minimum Gasteiger partial charge on any atom is -0.379 e. The molecule has 5 nitrogen and oxygen atoms in total. The number of nitrogens with one attached hydrogen (secondary N) is 1. The molecule has 0 saturated carbocycles. The Hall–Kier alpha value is -1.64. The molecule has 168 valence electrons. The second-order valence-electron chi connectivity index (χ2n) is 8.37. The van der Waals surface area contributed by atoms with Crippen LogP contribution >= 0.6 is 0 Å². The molecule has 2 fully saturated rings. The van der Waals surface area contributed by atoms with Gasteiger partial charge in [-0.05, 0) is 50.9 Å². The third kappa shape index (κ3) is 5.74. The van der Waals surface area contributed by atoms with E-state index in [9.17, 15) is 18.0 Å². The highest BCUT2D eigenvalue weighted by atomic mass is 19.4. The van der Waals surface area contributed by atoms with Gasteiger partial charge in [0.05, 0.1) is 30.9 Å². The maximum absolute atomic E-state index is 13.0. The quantitative estimate of drug-likeness (QED) is 0.755. The molecule has 2 heterocycles. The van der Waals surface area contributed by atoms with Crippen LogP contribution in [0.4, 0.5) is 13.2 Å². The number of morpholine rings is 1. The van der Waals surface area contributed by atoms with E-state index in [1.165, 1.54) is 12.1 Å². The SMILES string of the molecule is CC(C)N1CCCCC1C(=O)NCC(c1ccc(C(F)(F)F)cc1)N1CCOCC1. The summed E-state index contributed by atoms with van der Waals surface area (Å²) >= 11 is 0. The van der Waals surface area contributed by atoms with Gasteiger partial charge in [-0.2, -0.15) is 13.2 Å². The van der Waals surface area contributed by atoms with E-state index in [1.54, 1.807) is 0 Å². The van der Waals surface area contributed by atoms with Crippen molar-refractivity contribution < 1.29 is 22.7 Å². The van der Waals surface area contributed by atoms with Crippen LogP contribution in [-0.4, -0.2) is 67.2 Å². The molecule has 0 aromatic heterocycles. The predicted octanol–water partition coefficient (Wildman–Crippen LogP) is 3.46. The number of amides is 1. The number of nitrogens with zero attached hydrogens (tertiary/aromatic N) is 2. The molecular formula is C22H32F3N3O2. The zero-order valence-corrected chi connectivity index (χ0v) is 17.8. The van der Waals surface area contributed by atoms with Crippen LogP contribution in [0, 0.1) is 0 Å². The highest BCUT2D eigenvalue weighted by Gasteiger charge is 2.33. The van der Waals surface area contributed by atoms with E-state index in [4.69, 9.17) is 4.74 Å². The average Bonchev–Trinajstić information content (AvgIpc) is 2.74. The Kier molecular flexibility index (Phi) is 7.76. The van der Waals surface area contributed by atoms with E-state index in [0.717, 1.165) is 43.5 Å². The van der Waals surface area contributed by atoms with Gasteiger partial charge < -0.3 is 10.1 Å². The topological polar surface area (TPSA) is 44.8 Å². The highest BCUT2D eigenvalue weighted by molar-refractivity contribution is 5.81. The van der Waals surface area contributed by atoms with Gasteiger partial charge in [0.1, 0.15) is 0 Å². The van der Waals surface area contributed by atoms with E-state index in [1.807, 2.05) is 0 Å². The summed E-state index contributed by atoms with van der Waals surface area (Å²) < 4.78 is 44.3. The van der Waals surface area contributed by atoms with Crippen LogP contribution in [0.15, 0.2) is 24.3 Å². The number of carbonyl (C=O) groups is 1. The number of alkyl halides is 3. The van der Waals surface area contributed by atoms with Crippen molar-refractivity contribution >= 4 is 5.91 Å². The van der Waals surface area contributed by atoms with Crippen LogP contribution in [-0.2, 0) is 15.7 Å². The first kappa shape index (κ1) is 23.0. The summed E-state index contributed by atoms with van der Waals surface area (Å²) in [7, 11) is 0. The summed E-state index contributed by atoms with van der Waals surface area (Å²) in [5.41, 5.74) is 0.111. The Bertz CT molecular complexity index is 688. The minimum atomic E-state index is -4.36. The molecule has 8 heteroatoms. The van der Waals surface area contributed by atoms with Crippen molar-refractivity contribution in [3.05, 3.63) is 35.4 Å². The molecule has 0 radical (unpaired) electrons. The molecule has 3 rings (SSSR count). The van der Waals surface area contributed by atoms with Crippen molar-refractivity contribution in [3.8, 4) is 0 Å². The van der Waals surface area contributed by atoms with Crippen molar-refractivity contribution in [1.82, 2.24) is 15.1 Å². The lowest BCUT2D eigenvalue weighted by molar-refractivity contribution is -0.137. The molecule has 0 aliphatic carbocycles. The molecule has 2 atom stereocenters. The fourth-order valence-electron chi connectivity index (χ4n) is 4.41. The zero-order chi connectivity index (χ0) is 21.7. The van der Waals surface area contributed by atoms with Gasteiger partial charge >= 0.3 is 6.18 Å². The molecule has 30 heavy (non-hydrogen) atoms.